The molecule has 0 amide bonds. The van der Waals surface area contributed by atoms with E-state index in [4.69, 9.17) is 27.3 Å². The zero-order chi connectivity index (χ0) is 10.6. The molecule has 0 fully saturated rings. The van der Waals surface area contributed by atoms with E-state index in [-0.39, 0.29) is 12.4 Å². The van der Waals surface area contributed by atoms with Gasteiger partial charge in [-0.05, 0) is 18.2 Å². The molecule has 0 saturated heterocycles. The highest BCUT2D eigenvalue weighted by atomic mass is 79.9. The molecule has 0 radical (unpaired) electrons. The summed E-state index contributed by atoms with van der Waals surface area (Å²) < 4.78 is 6.04. The number of benzene rings is 1. The topological polar surface area (TPSA) is 67.8 Å². The Balaban J connectivity index is 2.71. The summed E-state index contributed by atoms with van der Waals surface area (Å²) >= 11 is 9.10. The normalized spacial score (nSPS) is 11.4. The molecule has 0 bridgehead atoms. The molecule has 0 aliphatic rings. The quantitative estimate of drug-likeness (QED) is 0.386. The monoisotopic (exact) mass is 278 g/mol. The summed E-state index contributed by atoms with van der Waals surface area (Å²) in [5.41, 5.74) is 5.23. The van der Waals surface area contributed by atoms with Crippen LogP contribution in [0.2, 0.25) is 5.02 Å². The van der Waals surface area contributed by atoms with Crippen LogP contribution in [0.15, 0.2) is 27.8 Å². The molecule has 0 aliphatic heterocycles. The van der Waals surface area contributed by atoms with Gasteiger partial charge in [0.15, 0.2) is 5.84 Å². The molecule has 4 nitrogen and oxygen atoms in total. The molecule has 0 unspecified atom stereocenters. The van der Waals surface area contributed by atoms with Crippen LogP contribution in [0.5, 0.6) is 5.75 Å². The Bertz CT molecular complexity index is 357. The highest BCUT2D eigenvalue weighted by Gasteiger charge is 2.03. The van der Waals surface area contributed by atoms with E-state index >= 15 is 0 Å². The Morgan fingerprint density at radius 1 is 1.64 bits per heavy atom. The molecule has 1 aromatic carbocycles. The van der Waals surface area contributed by atoms with Gasteiger partial charge < -0.3 is 15.7 Å². The molecule has 0 aliphatic carbocycles. The highest BCUT2D eigenvalue weighted by Crippen LogP contribution is 2.27. The van der Waals surface area contributed by atoms with Gasteiger partial charge in [0.2, 0.25) is 0 Å². The Labute approximate surface area is 94.4 Å². The van der Waals surface area contributed by atoms with E-state index in [1.54, 1.807) is 18.2 Å². The maximum Gasteiger partial charge on any atom is 0.177 e. The van der Waals surface area contributed by atoms with Crippen molar-refractivity contribution in [3.63, 3.8) is 0 Å². The third-order valence-electron chi connectivity index (χ3n) is 1.40. The number of amidine groups is 1. The third kappa shape index (κ3) is 3.08. The van der Waals surface area contributed by atoms with E-state index in [2.05, 4.69) is 21.1 Å². The lowest BCUT2D eigenvalue weighted by Crippen LogP contribution is -2.20. The van der Waals surface area contributed by atoms with Crippen LogP contribution in [0.1, 0.15) is 0 Å². The first kappa shape index (κ1) is 11.1. The van der Waals surface area contributed by atoms with Gasteiger partial charge in [-0.25, -0.2) is 0 Å². The summed E-state index contributed by atoms with van der Waals surface area (Å²) in [6.07, 6.45) is 0. The summed E-state index contributed by atoms with van der Waals surface area (Å²) in [5.74, 6) is 0.466. The fraction of sp³-hybridized carbons (Fsp3) is 0.125. The van der Waals surface area contributed by atoms with Crippen molar-refractivity contribution in [1.29, 1.82) is 0 Å². The molecule has 14 heavy (non-hydrogen) atoms. The minimum absolute atomic E-state index is 0.00727. The van der Waals surface area contributed by atoms with Crippen molar-refractivity contribution >= 4 is 33.4 Å². The number of oxime groups is 1. The van der Waals surface area contributed by atoms with Crippen LogP contribution in [0.25, 0.3) is 0 Å². The summed E-state index contributed by atoms with van der Waals surface area (Å²) in [5, 5.41) is 11.5. The molecule has 0 saturated carbocycles. The predicted molar refractivity (Wildman–Crippen MR) is 58.1 cm³/mol. The number of nitrogens with two attached hydrogens (primary N) is 1. The first-order valence-corrected chi connectivity index (χ1v) is 4.85. The zero-order valence-electron chi connectivity index (χ0n) is 7.08. The molecule has 6 heteroatoms. The lowest BCUT2D eigenvalue weighted by molar-refractivity contribution is 0.306. The fourth-order valence-electron chi connectivity index (χ4n) is 0.768. The third-order valence-corrected chi connectivity index (χ3v) is 2.20. The lowest BCUT2D eigenvalue weighted by Gasteiger charge is -2.06. The Kier molecular flexibility index (Phi) is 4.03. The van der Waals surface area contributed by atoms with Crippen molar-refractivity contribution in [2.45, 2.75) is 0 Å². The van der Waals surface area contributed by atoms with Gasteiger partial charge in [-0.2, -0.15) is 0 Å². The minimum atomic E-state index is -0.0129. The molecule has 3 N–H and O–H groups in total. The fourth-order valence-corrected chi connectivity index (χ4v) is 1.28. The average molecular weight is 280 g/mol. The van der Waals surface area contributed by atoms with E-state index in [9.17, 15) is 0 Å². The molecule has 0 atom stereocenters. The molecule has 1 aromatic rings. The SMILES string of the molecule is NC(COc1cc(Br)ccc1Cl)=NO. The van der Waals surface area contributed by atoms with Gasteiger partial charge in [0.1, 0.15) is 12.4 Å². The van der Waals surface area contributed by atoms with Crippen molar-refractivity contribution in [3.05, 3.63) is 27.7 Å². The number of hydrogen-bond donors (Lipinski definition) is 2. The minimum Gasteiger partial charge on any atom is -0.484 e. The number of nitrogens with zero attached hydrogens (tertiary/aromatic N) is 1. The second-order valence-corrected chi connectivity index (χ2v) is 3.78. The van der Waals surface area contributed by atoms with Crippen LogP contribution in [0.4, 0.5) is 0 Å². The molecular formula is C8H8BrClN2O2. The smallest absolute Gasteiger partial charge is 0.177 e. The molecule has 1 rings (SSSR count). The van der Waals surface area contributed by atoms with Crippen molar-refractivity contribution in [2.24, 2.45) is 10.9 Å². The van der Waals surface area contributed by atoms with Crippen LogP contribution in [-0.2, 0) is 0 Å². The average Bonchev–Trinajstić information content (AvgIpc) is 2.19. The van der Waals surface area contributed by atoms with Crippen molar-refractivity contribution in [3.8, 4) is 5.75 Å². The van der Waals surface area contributed by atoms with E-state index in [0.717, 1.165) is 4.47 Å². The van der Waals surface area contributed by atoms with Gasteiger partial charge in [0.25, 0.3) is 0 Å². The first-order chi connectivity index (χ1) is 6.63. The number of hydrogen-bond acceptors (Lipinski definition) is 3. The van der Waals surface area contributed by atoms with E-state index in [1.165, 1.54) is 0 Å². The highest BCUT2D eigenvalue weighted by molar-refractivity contribution is 9.10. The van der Waals surface area contributed by atoms with Crippen molar-refractivity contribution in [1.82, 2.24) is 0 Å². The standard InChI is InChI=1S/C8H8BrClN2O2/c9-5-1-2-6(10)7(3-5)14-4-8(11)12-13/h1-3,13H,4H2,(H2,11,12). The number of ether oxygens (including phenoxy) is 1. The Morgan fingerprint density at radius 2 is 2.36 bits per heavy atom. The molecule has 76 valence electrons. The lowest BCUT2D eigenvalue weighted by atomic mass is 10.3. The van der Waals surface area contributed by atoms with Gasteiger partial charge in [-0.3, -0.25) is 0 Å². The predicted octanol–water partition coefficient (Wildman–Crippen LogP) is 2.23. The Hall–Kier alpha value is -0.940. The number of rotatable bonds is 3. The van der Waals surface area contributed by atoms with Crippen molar-refractivity contribution < 1.29 is 9.94 Å². The van der Waals surface area contributed by atoms with Crippen LogP contribution < -0.4 is 10.5 Å². The van der Waals surface area contributed by atoms with Gasteiger partial charge in [-0.15, -0.1) is 0 Å². The number of halogens is 2. The molecule has 0 aromatic heterocycles. The summed E-state index contributed by atoms with van der Waals surface area (Å²) in [6.45, 7) is -0.00727. The van der Waals surface area contributed by atoms with Crippen LogP contribution in [0, 0.1) is 0 Å². The molecule has 0 heterocycles. The molecule has 0 spiro atoms. The van der Waals surface area contributed by atoms with E-state index in [1.807, 2.05) is 0 Å². The maximum atomic E-state index is 8.28. The summed E-state index contributed by atoms with van der Waals surface area (Å²) in [6, 6.07) is 5.18. The zero-order valence-corrected chi connectivity index (χ0v) is 9.42. The van der Waals surface area contributed by atoms with Crippen LogP contribution in [-0.4, -0.2) is 17.6 Å². The van der Waals surface area contributed by atoms with Gasteiger partial charge in [0.05, 0.1) is 5.02 Å². The van der Waals surface area contributed by atoms with Gasteiger partial charge in [-0.1, -0.05) is 32.7 Å². The van der Waals surface area contributed by atoms with Gasteiger partial charge in [0, 0.05) is 4.47 Å². The van der Waals surface area contributed by atoms with E-state index < -0.39 is 0 Å². The van der Waals surface area contributed by atoms with E-state index in [0.29, 0.717) is 10.8 Å². The molecular weight excluding hydrogens is 271 g/mol. The summed E-state index contributed by atoms with van der Waals surface area (Å²) in [7, 11) is 0. The van der Waals surface area contributed by atoms with Crippen LogP contribution >= 0.6 is 27.5 Å². The second kappa shape index (κ2) is 5.07. The second-order valence-electron chi connectivity index (χ2n) is 2.45. The van der Waals surface area contributed by atoms with Crippen molar-refractivity contribution in [2.75, 3.05) is 6.61 Å². The van der Waals surface area contributed by atoms with Gasteiger partial charge >= 0.3 is 0 Å². The maximum absolute atomic E-state index is 8.28. The summed E-state index contributed by atoms with van der Waals surface area (Å²) in [4.78, 5) is 0. The largest absolute Gasteiger partial charge is 0.484 e. The first-order valence-electron chi connectivity index (χ1n) is 3.67. The Morgan fingerprint density at radius 3 is 3.00 bits per heavy atom. The van der Waals surface area contributed by atoms with Crippen LogP contribution in [0.3, 0.4) is 0 Å².